The molecule has 2 saturated heterocycles. The van der Waals surface area contributed by atoms with Gasteiger partial charge in [-0.2, -0.15) is 0 Å². The highest BCUT2D eigenvalue weighted by molar-refractivity contribution is 6.07. The fourth-order valence-corrected chi connectivity index (χ4v) is 8.26. The van der Waals surface area contributed by atoms with Crippen molar-refractivity contribution in [2.45, 2.75) is 44.0 Å². The maximum Gasteiger partial charge on any atom is 0.407 e. The molecular formula is C41H41N7O5. The van der Waals surface area contributed by atoms with Crippen molar-refractivity contribution in [3.8, 4) is 28.1 Å². The molecule has 6 aromatic rings. The maximum atomic E-state index is 14.0. The van der Waals surface area contributed by atoms with Crippen LogP contribution in [0.25, 0.3) is 44.2 Å². The highest BCUT2D eigenvalue weighted by Gasteiger charge is 2.37. The van der Waals surface area contributed by atoms with Crippen LogP contribution >= 0.6 is 0 Å². The standard InChI is InChI=1S/C41H41N7O5/c1-51-21-23-15-32(42-19-23)38-43-20-33(45-38)26-10-12-28-27(16-26)22-53-35-18-29-25(17-30(28)35)11-13-31-37(29)46-39(44-31)34-9-6-14-48(34)40(49)36(47-41(50)52-2)24-7-4-3-5-8-24/h3-5,7-8,10-13,16-18,20,23,32,34,36,42H,6,9,14-15,19,21-22H2,1-2H3,(H,43,45)(H,44,46)(H,47,50). The van der Waals surface area contributed by atoms with Gasteiger partial charge in [0.15, 0.2) is 0 Å². The summed E-state index contributed by atoms with van der Waals surface area (Å²) < 4.78 is 16.6. The van der Waals surface area contributed by atoms with Crippen LogP contribution in [0.2, 0.25) is 0 Å². The Kier molecular flexibility index (Phi) is 8.55. The first-order valence-corrected chi connectivity index (χ1v) is 18.2. The van der Waals surface area contributed by atoms with E-state index in [2.05, 4.69) is 57.0 Å². The molecule has 9 rings (SSSR count). The van der Waals surface area contributed by atoms with E-state index in [4.69, 9.17) is 24.2 Å². The van der Waals surface area contributed by atoms with Crippen LogP contribution in [0.5, 0.6) is 5.75 Å². The van der Waals surface area contributed by atoms with E-state index in [1.54, 1.807) is 7.11 Å². The quantitative estimate of drug-likeness (QED) is 0.136. The summed E-state index contributed by atoms with van der Waals surface area (Å²) in [5, 5.41) is 8.33. The van der Waals surface area contributed by atoms with Crippen LogP contribution < -0.4 is 15.4 Å². The molecule has 4 aromatic carbocycles. The van der Waals surface area contributed by atoms with Crippen LogP contribution in [0, 0.1) is 5.92 Å². The van der Waals surface area contributed by atoms with Crippen LogP contribution in [0.3, 0.4) is 0 Å². The van der Waals surface area contributed by atoms with Gasteiger partial charge in [-0.25, -0.2) is 14.8 Å². The smallest absolute Gasteiger partial charge is 0.407 e. The lowest BCUT2D eigenvalue weighted by Crippen LogP contribution is -2.42. The average molecular weight is 712 g/mol. The Morgan fingerprint density at radius 2 is 1.91 bits per heavy atom. The minimum atomic E-state index is -0.877. The molecule has 2 aromatic heterocycles. The Balaban J connectivity index is 0.987. The van der Waals surface area contributed by atoms with Crippen LogP contribution in [0.4, 0.5) is 4.79 Å². The van der Waals surface area contributed by atoms with Gasteiger partial charge in [-0.15, -0.1) is 0 Å². The number of carbonyl (C=O) groups is 2. The second-order valence-corrected chi connectivity index (χ2v) is 14.2. The van der Waals surface area contributed by atoms with E-state index in [-0.39, 0.29) is 18.0 Å². The van der Waals surface area contributed by atoms with E-state index in [9.17, 15) is 9.59 Å². The molecule has 12 nitrogen and oxygen atoms in total. The molecule has 4 unspecified atom stereocenters. The number of ether oxygens (including phenoxy) is 3. The molecule has 0 saturated carbocycles. The fourth-order valence-electron chi connectivity index (χ4n) is 8.26. The van der Waals surface area contributed by atoms with Crippen molar-refractivity contribution in [3.63, 3.8) is 0 Å². The molecule has 4 N–H and O–H groups in total. The van der Waals surface area contributed by atoms with Crippen molar-refractivity contribution in [2.24, 2.45) is 5.92 Å². The number of methoxy groups -OCH3 is 2. The lowest BCUT2D eigenvalue weighted by Gasteiger charge is -2.28. The predicted molar refractivity (Wildman–Crippen MR) is 200 cm³/mol. The zero-order chi connectivity index (χ0) is 36.1. The lowest BCUT2D eigenvalue weighted by atomic mass is 9.92. The summed E-state index contributed by atoms with van der Waals surface area (Å²) in [7, 11) is 3.04. The second kappa shape index (κ2) is 13.7. The van der Waals surface area contributed by atoms with Crippen molar-refractivity contribution >= 4 is 33.8 Å². The summed E-state index contributed by atoms with van der Waals surface area (Å²) in [6.45, 7) is 2.70. The number of H-pyrrole nitrogens is 2. The Morgan fingerprint density at radius 3 is 2.75 bits per heavy atom. The minimum absolute atomic E-state index is 0.198. The molecule has 53 heavy (non-hydrogen) atoms. The number of benzene rings is 4. The number of likely N-dealkylation sites (tertiary alicyclic amines) is 1. The predicted octanol–water partition coefficient (Wildman–Crippen LogP) is 6.72. The molecule has 270 valence electrons. The van der Waals surface area contributed by atoms with Crippen LogP contribution in [0.15, 0.2) is 79.0 Å². The summed E-state index contributed by atoms with van der Waals surface area (Å²) in [5.41, 5.74) is 7.78. The molecule has 2 amide bonds. The number of aromatic nitrogens is 4. The van der Waals surface area contributed by atoms with Gasteiger partial charge in [0, 0.05) is 31.1 Å². The number of fused-ring (bicyclic) bond motifs is 6. The number of aromatic amines is 2. The molecular weight excluding hydrogens is 670 g/mol. The van der Waals surface area contributed by atoms with E-state index in [0.29, 0.717) is 24.6 Å². The van der Waals surface area contributed by atoms with Gasteiger partial charge in [0.05, 0.1) is 48.7 Å². The van der Waals surface area contributed by atoms with E-state index >= 15 is 0 Å². The van der Waals surface area contributed by atoms with Gasteiger partial charge in [0.2, 0.25) is 0 Å². The van der Waals surface area contributed by atoms with Gasteiger partial charge in [-0.1, -0.05) is 48.5 Å². The van der Waals surface area contributed by atoms with Gasteiger partial charge in [0.25, 0.3) is 5.91 Å². The highest BCUT2D eigenvalue weighted by Crippen LogP contribution is 2.43. The third-order valence-corrected chi connectivity index (χ3v) is 10.9. The first kappa shape index (κ1) is 33.1. The minimum Gasteiger partial charge on any atom is -0.488 e. The van der Waals surface area contributed by atoms with Crippen molar-refractivity contribution in [1.82, 2.24) is 35.5 Å². The van der Waals surface area contributed by atoms with Crippen LogP contribution in [-0.2, 0) is 20.9 Å². The third-order valence-electron chi connectivity index (χ3n) is 10.9. The summed E-state index contributed by atoms with van der Waals surface area (Å²) in [6, 6.07) is 23.2. The first-order chi connectivity index (χ1) is 26.0. The number of carbonyl (C=O) groups excluding carboxylic acids is 2. The molecule has 4 atom stereocenters. The lowest BCUT2D eigenvalue weighted by molar-refractivity contribution is -0.134. The maximum absolute atomic E-state index is 14.0. The Labute approximate surface area is 306 Å². The summed E-state index contributed by atoms with van der Waals surface area (Å²) in [4.78, 5) is 45.0. The highest BCUT2D eigenvalue weighted by atomic mass is 16.5. The fraction of sp³-hybridized carbons (Fsp3) is 0.317. The van der Waals surface area contributed by atoms with Gasteiger partial charge in [-0.3, -0.25) is 4.79 Å². The number of nitrogens with zero attached hydrogens (tertiary/aromatic N) is 3. The SMILES string of the molecule is COCC1CNC(c2ncc(-c3ccc4c(c3)COc3cc5c(ccc6[nH]c(C7CCCN7C(=O)C(NC(=O)OC)c7ccccc7)nc65)cc3-4)[nH]2)C1. The number of hydrogen-bond donors (Lipinski definition) is 4. The molecule has 0 radical (unpaired) electrons. The molecule has 0 spiro atoms. The van der Waals surface area contributed by atoms with E-state index in [1.807, 2.05) is 47.5 Å². The van der Waals surface area contributed by atoms with Crippen LogP contribution in [-0.4, -0.2) is 70.8 Å². The largest absolute Gasteiger partial charge is 0.488 e. The number of nitrogens with one attached hydrogen (secondary N) is 4. The average Bonchev–Trinajstić information content (AvgIpc) is 4.03. The molecule has 0 bridgehead atoms. The van der Waals surface area contributed by atoms with Crippen molar-refractivity contribution in [1.29, 1.82) is 0 Å². The molecule has 3 aliphatic rings. The van der Waals surface area contributed by atoms with Crippen molar-refractivity contribution in [3.05, 3.63) is 102 Å². The normalized spacial score (nSPS) is 19.9. The molecule has 0 aliphatic carbocycles. The van der Waals surface area contributed by atoms with E-state index < -0.39 is 12.1 Å². The van der Waals surface area contributed by atoms with Crippen LogP contribution in [0.1, 0.15) is 60.2 Å². The Hall–Kier alpha value is -5.72. The second-order valence-electron chi connectivity index (χ2n) is 14.2. The number of imidazole rings is 2. The van der Waals surface area contributed by atoms with Gasteiger partial charge in [0.1, 0.15) is 30.0 Å². The summed E-state index contributed by atoms with van der Waals surface area (Å²) in [5.74, 6) is 2.78. The number of alkyl carbamates (subject to hydrolysis) is 1. The number of hydrogen-bond acceptors (Lipinski definition) is 8. The summed E-state index contributed by atoms with van der Waals surface area (Å²) in [6.07, 6.45) is 3.84. The molecule has 2 fully saturated rings. The number of rotatable bonds is 8. The Morgan fingerprint density at radius 1 is 1.02 bits per heavy atom. The topological polar surface area (TPSA) is 146 Å². The third kappa shape index (κ3) is 6.07. The van der Waals surface area contributed by atoms with Gasteiger partial charge < -0.3 is 39.7 Å². The number of amides is 2. The monoisotopic (exact) mass is 711 g/mol. The van der Waals surface area contributed by atoms with Crippen molar-refractivity contribution < 1.29 is 23.8 Å². The molecule has 3 aliphatic heterocycles. The van der Waals surface area contributed by atoms with E-state index in [0.717, 1.165) is 99.6 Å². The Bertz CT molecular complexity index is 2340. The molecule has 5 heterocycles. The van der Waals surface area contributed by atoms with E-state index in [1.165, 1.54) is 7.11 Å². The first-order valence-electron chi connectivity index (χ1n) is 18.2. The zero-order valence-electron chi connectivity index (χ0n) is 29.6. The summed E-state index contributed by atoms with van der Waals surface area (Å²) >= 11 is 0. The van der Waals surface area contributed by atoms with Crippen molar-refractivity contribution in [2.75, 3.05) is 33.9 Å². The van der Waals surface area contributed by atoms with Gasteiger partial charge >= 0.3 is 6.09 Å². The molecule has 12 heteroatoms. The van der Waals surface area contributed by atoms with Gasteiger partial charge in [-0.05, 0) is 77.1 Å². The zero-order valence-corrected chi connectivity index (χ0v) is 29.6.